The summed E-state index contributed by atoms with van der Waals surface area (Å²) in [4.78, 5) is 26.4. The fourth-order valence-electron chi connectivity index (χ4n) is 6.22. The Hall–Kier alpha value is -3.68. The minimum atomic E-state index is -0.770. The Balaban J connectivity index is 1.45. The molecule has 2 aliphatic carbocycles. The number of halogens is 2. The average Bonchev–Trinajstić information content (AvgIpc) is 3.73. The lowest BCUT2D eigenvalue weighted by atomic mass is 9.75. The number of pyridine rings is 1. The number of rotatable bonds is 10. The van der Waals surface area contributed by atoms with E-state index in [-0.39, 0.29) is 36.0 Å². The van der Waals surface area contributed by atoms with Gasteiger partial charge in [-0.1, -0.05) is 50.6 Å². The van der Waals surface area contributed by atoms with Gasteiger partial charge in [0.2, 0.25) is 5.88 Å². The summed E-state index contributed by atoms with van der Waals surface area (Å²) in [5.74, 6) is -1.30. The number of amides is 1. The van der Waals surface area contributed by atoms with Crippen molar-refractivity contribution in [2.24, 2.45) is 16.5 Å². The summed E-state index contributed by atoms with van der Waals surface area (Å²) in [5, 5.41) is 2.51. The zero-order chi connectivity index (χ0) is 28.4. The zero-order valence-electron chi connectivity index (χ0n) is 23.1. The van der Waals surface area contributed by atoms with Crippen molar-refractivity contribution < 1.29 is 23.0 Å². The van der Waals surface area contributed by atoms with E-state index in [9.17, 15) is 9.70 Å². The molecule has 0 N–H and O–H groups in total. The van der Waals surface area contributed by atoms with Crippen LogP contribution in [0, 0.1) is 27.9 Å². The quantitative estimate of drug-likeness (QED) is 0.239. The monoisotopic (exact) mass is 548 g/mol. The van der Waals surface area contributed by atoms with Crippen LogP contribution in [0.1, 0.15) is 80.9 Å². The molecule has 2 saturated carbocycles. The standard InChI is InChI=1S/C32H34F2N2O4/c1-32(2)13-5-7-26(32)24-14-19(9-12-21(24)25-16-30(39-3)35-17-27(25)33)18-40-28-8-4-6-22(31(28)34)23(20-10-11-20)15-29(37)36-38/h4,6,8-9,12,14,16-17,20,23,26H,5,7,10-11,13,15,18H2,1-3H3/t23-,26-/m1/s1. The number of benzene rings is 2. The maximum atomic E-state index is 15.6. The first-order valence-electron chi connectivity index (χ1n) is 13.8. The Morgan fingerprint density at radius 2 is 1.93 bits per heavy atom. The molecule has 2 fully saturated rings. The van der Waals surface area contributed by atoms with E-state index in [0.717, 1.165) is 48.8 Å². The third-order valence-electron chi connectivity index (χ3n) is 8.55. The fourth-order valence-corrected chi connectivity index (χ4v) is 6.22. The van der Waals surface area contributed by atoms with Crippen molar-refractivity contribution in [3.05, 3.63) is 81.9 Å². The normalized spacial score (nSPS) is 18.8. The number of methoxy groups -OCH3 is 1. The number of ether oxygens (including phenoxy) is 2. The molecule has 8 heteroatoms. The molecular formula is C32H34F2N2O4. The van der Waals surface area contributed by atoms with E-state index in [2.05, 4.69) is 24.0 Å². The highest BCUT2D eigenvalue weighted by molar-refractivity contribution is 5.77. The molecule has 0 bridgehead atoms. The van der Waals surface area contributed by atoms with Gasteiger partial charge in [-0.25, -0.2) is 13.8 Å². The molecule has 1 aromatic heterocycles. The molecule has 210 valence electrons. The van der Waals surface area contributed by atoms with E-state index in [0.29, 0.717) is 17.0 Å². The highest BCUT2D eigenvalue weighted by atomic mass is 19.1. The Morgan fingerprint density at radius 3 is 2.60 bits per heavy atom. The summed E-state index contributed by atoms with van der Waals surface area (Å²) >= 11 is 0. The van der Waals surface area contributed by atoms with Crippen molar-refractivity contribution in [1.29, 1.82) is 0 Å². The highest BCUT2D eigenvalue weighted by Gasteiger charge is 2.38. The lowest BCUT2D eigenvalue weighted by Crippen LogP contribution is -2.17. The molecule has 0 unspecified atom stereocenters. The first-order valence-corrected chi connectivity index (χ1v) is 13.8. The number of carbonyl (C=O) groups is 1. The minimum absolute atomic E-state index is 0.0356. The van der Waals surface area contributed by atoms with Crippen molar-refractivity contribution in [1.82, 2.24) is 4.98 Å². The molecule has 0 spiro atoms. The predicted octanol–water partition coefficient (Wildman–Crippen LogP) is 8.08. The largest absolute Gasteiger partial charge is 0.486 e. The van der Waals surface area contributed by atoms with Crippen LogP contribution in [0.15, 0.2) is 53.8 Å². The summed E-state index contributed by atoms with van der Waals surface area (Å²) < 4.78 is 41.8. The van der Waals surface area contributed by atoms with Gasteiger partial charge in [0, 0.05) is 23.2 Å². The van der Waals surface area contributed by atoms with Crippen LogP contribution in [0.4, 0.5) is 8.78 Å². The average molecular weight is 549 g/mol. The third-order valence-corrected chi connectivity index (χ3v) is 8.55. The molecule has 0 saturated heterocycles. The first kappa shape index (κ1) is 27.9. The number of hydrogen-bond acceptors (Lipinski definition) is 5. The van der Waals surface area contributed by atoms with Gasteiger partial charge in [-0.3, -0.25) is 4.79 Å². The SMILES string of the molecule is COc1cc(-c2ccc(COc3cccc([C@H](CC(=O)N=O)C4CC4)c3F)cc2[C@H]2CCCC2(C)C)c(F)cn1. The molecular weight excluding hydrogens is 514 g/mol. The Morgan fingerprint density at radius 1 is 1.12 bits per heavy atom. The summed E-state index contributed by atoms with van der Waals surface area (Å²) in [6.07, 6.45) is 5.99. The van der Waals surface area contributed by atoms with Crippen LogP contribution in [0.2, 0.25) is 0 Å². The van der Waals surface area contributed by atoms with Crippen LogP contribution < -0.4 is 9.47 Å². The number of carbonyl (C=O) groups excluding carboxylic acids is 1. The highest BCUT2D eigenvalue weighted by Crippen LogP contribution is 2.51. The molecule has 1 heterocycles. The van der Waals surface area contributed by atoms with E-state index in [4.69, 9.17) is 9.47 Å². The van der Waals surface area contributed by atoms with Crippen molar-refractivity contribution >= 4 is 5.91 Å². The molecule has 0 radical (unpaired) electrons. The fraction of sp³-hybridized carbons (Fsp3) is 0.438. The van der Waals surface area contributed by atoms with Crippen molar-refractivity contribution in [3.63, 3.8) is 0 Å². The third kappa shape index (κ3) is 5.76. The Labute approximate surface area is 233 Å². The van der Waals surface area contributed by atoms with Crippen LogP contribution >= 0.6 is 0 Å². The van der Waals surface area contributed by atoms with Crippen LogP contribution in [0.5, 0.6) is 11.6 Å². The maximum absolute atomic E-state index is 15.6. The molecule has 0 aliphatic heterocycles. The minimum Gasteiger partial charge on any atom is -0.486 e. The van der Waals surface area contributed by atoms with E-state index in [1.165, 1.54) is 13.3 Å². The second-order valence-electron chi connectivity index (χ2n) is 11.6. The van der Waals surface area contributed by atoms with E-state index in [1.807, 2.05) is 18.2 Å². The summed E-state index contributed by atoms with van der Waals surface area (Å²) in [7, 11) is 1.50. The molecule has 3 aromatic rings. The lowest BCUT2D eigenvalue weighted by molar-refractivity contribution is -0.118. The molecule has 5 rings (SSSR count). The van der Waals surface area contributed by atoms with E-state index < -0.39 is 23.5 Å². The number of hydrogen-bond donors (Lipinski definition) is 0. The van der Waals surface area contributed by atoms with Crippen LogP contribution in [0.3, 0.4) is 0 Å². The second kappa shape index (κ2) is 11.4. The Bertz CT molecular complexity index is 1420. The van der Waals surface area contributed by atoms with Gasteiger partial charge in [-0.05, 0) is 77.2 Å². The summed E-state index contributed by atoms with van der Waals surface area (Å²) in [6, 6.07) is 12.4. The molecule has 6 nitrogen and oxygen atoms in total. The van der Waals surface area contributed by atoms with Gasteiger partial charge in [0.15, 0.2) is 11.6 Å². The van der Waals surface area contributed by atoms with Crippen LogP contribution in [0.25, 0.3) is 11.1 Å². The van der Waals surface area contributed by atoms with Gasteiger partial charge < -0.3 is 9.47 Å². The number of aromatic nitrogens is 1. The zero-order valence-corrected chi connectivity index (χ0v) is 23.1. The van der Waals surface area contributed by atoms with Gasteiger partial charge in [0.1, 0.15) is 12.4 Å². The van der Waals surface area contributed by atoms with Gasteiger partial charge >= 0.3 is 0 Å². The topological polar surface area (TPSA) is 77.9 Å². The van der Waals surface area contributed by atoms with E-state index >= 15 is 8.78 Å². The summed E-state index contributed by atoms with van der Waals surface area (Å²) in [5.41, 5.74) is 3.50. The molecule has 2 aromatic carbocycles. The lowest BCUT2D eigenvalue weighted by Gasteiger charge is -2.30. The maximum Gasteiger partial charge on any atom is 0.286 e. The molecule has 1 amide bonds. The van der Waals surface area contributed by atoms with Gasteiger partial charge in [0.25, 0.3) is 5.91 Å². The predicted molar refractivity (Wildman–Crippen MR) is 148 cm³/mol. The van der Waals surface area contributed by atoms with Crippen LogP contribution in [-0.4, -0.2) is 18.0 Å². The molecule has 2 aliphatic rings. The smallest absolute Gasteiger partial charge is 0.286 e. The van der Waals surface area contributed by atoms with Gasteiger partial charge in [0.05, 0.1) is 13.3 Å². The van der Waals surface area contributed by atoms with Crippen molar-refractivity contribution in [2.75, 3.05) is 7.11 Å². The molecule has 2 atom stereocenters. The Kier molecular flexibility index (Phi) is 7.97. The van der Waals surface area contributed by atoms with Gasteiger partial charge in [-0.2, -0.15) is 0 Å². The second-order valence-corrected chi connectivity index (χ2v) is 11.6. The first-order chi connectivity index (χ1) is 19.2. The van der Waals surface area contributed by atoms with Crippen molar-refractivity contribution in [3.8, 4) is 22.8 Å². The van der Waals surface area contributed by atoms with Crippen molar-refractivity contribution in [2.45, 2.75) is 70.8 Å². The van der Waals surface area contributed by atoms with E-state index in [1.54, 1.807) is 24.3 Å². The van der Waals surface area contributed by atoms with Gasteiger partial charge in [-0.15, -0.1) is 4.91 Å². The summed E-state index contributed by atoms with van der Waals surface area (Å²) in [6.45, 7) is 4.60. The number of nitrogens with zero attached hydrogens (tertiary/aromatic N) is 2. The molecule has 40 heavy (non-hydrogen) atoms. The number of nitroso groups, excluding NO2 is 1. The van der Waals surface area contributed by atoms with Crippen LogP contribution in [-0.2, 0) is 11.4 Å².